The third-order valence-electron chi connectivity index (χ3n) is 4.16. The van der Waals surface area contributed by atoms with E-state index < -0.39 is 5.97 Å². The van der Waals surface area contributed by atoms with Crippen LogP contribution >= 0.6 is 11.3 Å². The zero-order valence-corrected chi connectivity index (χ0v) is 14.5. The normalized spacial score (nSPS) is 20.7. The molecule has 2 atom stereocenters. The SMILES string of the molecule is COC(=O)C1=C(C)NC(c2cccs2)NC1c1ccc(F)cc1C. The highest BCUT2D eigenvalue weighted by Gasteiger charge is 2.34. The predicted molar refractivity (Wildman–Crippen MR) is 91.9 cm³/mol. The number of hydrogen-bond acceptors (Lipinski definition) is 5. The number of nitrogens with one attached hydrogen (secondary N) is 2. The Labute approximate surface area is 144 Å². The fraction of sp³-hybridized carbons (Fsp3) is 0.278. The van der Waals surface area contributed by atoms with Gasteiger partial charge in [-0.2, -0.15) is 0 Å². The first-order valence-electron chi connectivity index (χ1n) is 7.62. The molecule has 0 saturated heterocycles. The van der Waals surface area contributed by atoms with Crippen LogP contribution in [0.4, 0.5) is 4.39 Å². The molecular formula is C18H19FN2O2S. The first-order valence-corrected chi connectivity index (χ1v) is 8.50. The van der Waals surface area contributed by atoms with E-state index in [2.05, 4.69) is 10.6 Å². The molecule has 1 aliphatic rings. The number of carbonyl (C=O) groups is 1. The smallest absolute Gasteiger partial charge is 0.337 e. The summed E-state index contributed by atoms with van der Waals surface area (Å²) < 4.78 is 18.4. The highest BCUT2D eigenvalue weighted by molar-refractivity contribution is 7.10. The van der Waals surface area contributed by atoms with Gasteiger partial charge in [-0.3, -0.25) is 5.32 Å². The Morgan fingerprint density at radius 2 is 2.08 bits per heavy atom. The third kappa shape index (κ3) is 3.07. The Hall–Kier alpha value is -2.18. The lowest BCUT2D eigenvalue weighted by Gasteiger charge is -2.35. The van der Waals surface area contributed by atoms with E-state index in [-0.39, 0.29) is 18.0 Å². The lowest BCUT2D eigenvalue weighted by atomic mass is 9.91. The van der Waals surface area contributed by atoms with Crippen molar-refractivity contribution in [2.45, 2.75) is 26.1 Å². The maximum atomic E-state index is 13.5. The van der Waals surface area contributed by atoms with Crippen molar-refractivity contribution in [3.63, 3.8) is 0 Å². The van der Waals surface area contributed by atoms with Gasteiger partial charge in [0, 0.05) is 10.6 Å². The van der Waals surface area contributed by atoms with Gasteiger partial charge in [0.15, 0.2) is 0 Å². The van der Waals surface area contributed by atoms with E-state index in [0.29, 0.717) is 5.57 Å². The van der Waals surface area contributed by atoms with Gasteiger partial charge in [-0.05, 0) is 48.6 Å². The molecule has 0 bridgehead atoms. The molecule has 1 aliphatic heterocycles. The van der Waals surface area contributed by atoms with Crippen LogP contribution in [-0.4, -0.2) is 13.1 Å². The Kier molecular flexibility index (Phi) is 4.69. The number of thiophene rings is 1. The minimum absolute atomic E-state index is 0.118. The summed E-state index contributed by atoms with van der Waals surface area (Å²) in [5, 5.41) is 8.77. The largest absolute Gasteiger partial charge is 0.466 e. The van der Waals surface area contributed by atoms with Crippen molar-refractivity contribution in [1.29, 1.82) is 0 Å². The van der Waals surface area contributed by atoms with Gasteiger partial charge in [-0.15, -0.1) is 11.3 Å². The van der Waals surface area contributed by atoms with E-state index in [1.165, 1.54) is 19.2 Å². The number of carbonyl (C=O) groups excluding carboxylic acids is 1. The van der Waals surface area contributed by atoms with Crippen molar-refractivity contribution in [3.8, 4) is 0 Å². The van der Waals surface area contributed by atoms with Gasteiger partial charge < -0.3 is 10.1 Å². The minimum Gasteiger partial charge on any atom is -0.466 e. The molecule has 0 fully saturated rings. The Balaban J connectivity index is 2.07. The molecule has 24 heavy (non-hydrogen) atoms. The van der Waals surface area contributed by atoms with Gasteiger partial charge in [-0.25, -0.2) is 9.18 Å². The monoisotopic (exact) mass is 346 g/mol. The summed E-state index contributed by atoms with van der Waals surface area (Å²) in [5.74, 6) is -0.689. The van der Waals surface area contributed by atoms with Gasteiger partial charge in [0.05, 0.1) is 18.7 Å². The van der Waals surface area contributed by atoms with Crippen LogP contribution in [0.3, 0.4) is 0 Å². The quantitative estimate of drug-likeness (QED) is 0.834. The molecular weight excluding hydrogens is 327 g/mol. The predicted octanol–water partition coefficient (Wildman–Crippen LogP) is 3.58. The molecule has 6 heteroatoms. The van der Waals surface area contributed by atoms with E-state index in [4.69, 9.17) is 4.74 Å². The van der Waals surface area contributed by atoms with Crippen LogP contribution in [0.25, 0.3) is 0 Å². The second-order valence-corrected chi connectivity index (χ2v) is 6.70. The van der Waals surface area contributed by atoms with Crippen LogP contribution in [0, 0.1) is 12.7 Å². The topological polar surface area (TPSA) is 50.4 Å². The van der Waals surface area contributed by atoms with Crippen LogP contribution in [0.15, 0.2) is 47.0 Å². The van der Waals surface area contributed by atoms with E-state index in [1.807, 2.05) is 31.4 Å². The van der Waals surface area contributed by atoms with Crippen molar-refractivity contribution in [3.05, 3.63) is 68.8 Å². The molecule has 3 rings (SSSR count). The number of rotatable bonds is 3. The van der Waals surface area contributed by atoms with Crippen molar-refractivity contribution < 1.29 is 13.9 Å². The standard InChI is InChI=1S/C18H19FN2O2S/c1-10-9-12(19)6-7-13(10)16-15(18(22)23-3)11(2)20-17(21-16)14-5-4-8-24-14/h4-9,16-17,20-21H,1-3H3. The zero-order valence-electron chi connectivity index (χ0n) is 13.7. The number of allylic oxidation sites excluding steroid dienone is 1. The van der Waals surface area contributed by atoms with Crippen molar-refractivity contribution >= 4 is 17.3 Å². The molecule has 0 saturated carbocycles. The van der Waals surface area contributed by atoms with Gasteiger partial charge in [0.1, 0.15) is 12.0 Å². The number of halogens is 1. The molecule has 126 valence electrons. The van der Waals surface area contributed by atoms with Crippen LogP contribution < -0.4 is 10.6 Å². The maximum absolute atomic E-state index is 13.5. The third-order valence-corrected chi connectivity index (χ3v) is 5.10. The summed E-state index contributed by atoms with van der Waals surface area (Å²) in [6.45, 7) is 3.70. The highest BCUT2D eigenvalue weighted by Crippen LogP contribution is 2.34. The highest BCUT2D eigenvalue weighted by atomic mass is 32.1. The molecule has 0 spiro atoms. The average molecular weight is 346 g/mol. The Morgan fingerprint density at radius 1 is 1.29 bits per heavy atom. The zero-order chi connectivity index (χ0) is 17.3. The van der Waals surface area contributed by atoms with E-state index in [9.17, 15) is 9.18 Å². The summed E-state index contributed by atoms with van der Waals surface area (Å²) in [6.07, 6.45) is -0.118. The van der Waals surface area contributed by atoms with E-state index >= 15 is 0 Å². The number of methoxy groups -OCH3 is 1. The van der Waals surface area contributed by atoms with Gasteiger partial charge in [0.25, 0.3) is 0 Å². The van der Waals surface area contributed by atoms with Crippen LogP contribution in [0.2, 0.25) is 0 Å². The fourth-order valence-corrected chi connectivity index (χ4v) is 3.73. The summed E-state index contributed by atoms with van der Waals surface area (Å²) in [5.41, 5.74) is 2.92. The lowest BCUT2D eigenvalue weighted by molar-refractivity contribution is -0.136. The molecule has 4 nitrogen and oxygen atoms in total. The van der Waals surface area contributed by atoms with Crippen LogP contribution in [-0.2, 0) is 9.53 Å². The molecule has 2 unspecified atom stereocenters. The summed E-state index contributed by atoms with van der Waals surface area (Å²) in [7, 11) is 1.36. The average Bonchev–Trinajstić information content (AvgIpc) is 3.08. The first kappa shape index (κ1) is 16.7. The van der Waals surface area contributed by atoms with E-state index in [0.717, 1.165) is 21.7 Å². The summed E-state index contributed by atoms with van der Waals surface area (Å²) in [6, 6.07) is 8.25. The Bertz CT molecular complexity index is 786. The minimum atomic E-state index is -0.397. The number of hydrogen-bond donors (Lipinski definition) is 2. The lowest BCUT2D eigenvalue weighted by Crippen LogP contribution is -2.43. The van der Waals surface area contributed by atoms with E-state index in [1.54, 1.807) is 17.4 Å². The van der Waals surface area contributed by atoms with Crippen LogP contribution in [0.5, 0.6) is 0 Å². The molecule has 0 radical (unpaired) electrons. The Morgan fingerprint density at radius 3 is 2.71 bits per heavy atom. The molecule has 1 aromatic heterocycles. The van der Waals surface area contributed by atoms with Crippen molar-refractivity contribution in [1.82, 2.24) is 10.6 Å². The second kappa shape index (κ2) is 6.75. The number of ether oxygens (including phenoxy) is 1. The van der Waals surface area contributed by atoms with Crippen molar-refractivity contribution in [2.75, 3.05) is 7.11 Å². The molecule has 1 aromatic carbocycles. The summed E-state index contributed by atoms with van der Waals surface area (Å²) >= 11 is 1.63. The number of esters is 1. The van der Waals surface area contributed by atoms with Gasteiger partial charge >= 0.3 is 5.97 Å². The first-order chi connectivity index (χ1) is 11.5. The second-order valence-electron chi connectivity index (χ2n) is 5.72. The van der Waals surface area contributed by atoms with Crippen molar-refractivity contribution in [2.24, 2.45) is 0 Å². The maximum Gasteiger partial charge on any atom is 0.337 e. The molecule has 2 aromatic rings. The fourth-order valence-electron chi connectivity index (χ4n) is 3.00. The van der Waals surface area contributed by atoms with Gasteiger partial charge in [0.2, 0.25) is 0 Å². The van der Waals surface area contributed by atoms with Gasteiger partial charge in [-0.1, -0.05) is 12.1 Å². The van der Waals surface area contributed by atoms with Crippen LogP contribution in [0.1, 0.15) is 35.1 Å². The number of benzene rings is 1. The molecule has 2 N–H and O–H groups in total. The summed E-state index contributed by atoms with van der Waals surface area (Å²) in [4.78, 5) is 13.4. The molecule has 0 amide bonds. The molecule has 0 aliphatic carbocycles. The number of aryl methyl sites for hydroxylation is 1. The molecule has 2 heterocycles.